The molecule has 1 saturated heterocycles. The van der Waals surface area contributed by atoms with Crippen LogP contribution in [0.4, 0.5) is 4.79 Å². The minimum absolute atomic E-state index is 0.231. The van der Waals surface area contributed by atoms with Crippen LogP contribution in [-0.2, 0) is 9.53 Å². The van der Waals surface area contributed by atoms with E-state index in [1.165, 1.54) is 4.90 Å². The first-order valence-corrected chi connectivity index (χ1v) is 7.45. The van der Waals surface area contributed by atoms with Crippen LogP contribution in [0.5, 0.6) is 0 Å². The van der Waals surface area contributed by atoms with Gasteiger partial charge in [-0.2, -0.15) is 0 Å². The lowest BCUT2D eigenvalue weighted by atomic mass is 9.85. The molecule has 1 amide bonds. The van der Waals surface area contributed by atoms with Gasteiger partial charge in [0.25, 0.3) is 0 Å². The van der Waals surface area contributed by atoms with Gasteiger partial charge in [-0.15, -0.1) is 0 Å². The maximum Gasteiger partial charge on any atom is 0.411 e. The van der Waals surface area contributed by atoms with Crippen molar-refractivity contribution >= 4 is 23.7 Å². The van der Waals surface area contributed by atoms with E-state index in [9.17, 15) is 14.7 Å². The Morgan fingerprint density at radius 2 is 2.05 bits per heavy atom. The summed E-state index contributed by atoms with van der Waals surface area (Å²) in [6.45, 7) is 0.497. The molecule has 2 unspecified atom stereocenters. The van der Waals surface area contributed by atoms with Crippen LogP contribution in [0, 0.1) is 0 Å². The number of carbonyl (C=O) groups excluding carboxylic acids is 1. The third-order valence-electron chi connectivity index (χ3n) is 3.77. The molecule has 1 aromatic rings. The molecule has 1 heterocycles. The molecule has 1 fully saturated rings. The Bertz CT molecular complexity index is 494. The molecule has 5 nitrogen and oxygen atoms in total. The molecule has 1 aliphatic heterocycles. The number of hydrogen-bond donors (Lipinski definition) is 1. The molecule has 0 radical (unpaired) electrons. The highest BCUT2D eigenvalue weighted by Crippen LogP contribution is 2.31. The number of alkyl halides is 1. The second-order valence-corrected chi connectivity index (χ2v) is 5.22. The third-order valence-corrected chi connectivity index (χ3v) is 3.88. The van der Waals surface area contributed by atoms with Crippen molar-refractivity contribution in [1.29, 1.82) is 0 Å². The number of amides is 1. The second-order valence-electron chi connectivity index (χ2n) is 5.00. The van der Waals surface area contributed by atoms with Crippen molar-refractivity contribution in [2.45, 2.75) is 31.2 Å². The molecule has 0 aliphatic carbocycles. The highest BCUT2D eigenvalue weighted by molar-refractivity contribution is 6.17. The summed E-state index contributed by atoms with van der Waals surface area (Å²) in [6.07, 6.45) is 1.83. The Kier molecular flexibility index (Phi) is 5.44. The molecule has 0 spiro atoms. The standard InChI is InChI=1S/C15H18ClNO4/c16-10-21-15(20)17-9-5-4-8-12(17)13(14(18)19)11-6-2-1-3-7-11/h1-3,6-7,12-13H,4-5,8-10H2,(H,18,19). The number of carboxylic acid groups (broad SMARTS) is 1. The van der Waals surface area contributed by atoms with E-state index in [1.54, 1.807) is 24.3 Å². The lowest BCUT2D eigenvalue weighted by Crippen LogP contribution is -2.48. The van der Waals surface area contributed by atoms with Crippen LogP contribution >= 0.6 is 11.6 Å². The van der Waals surface area contributed by atoms with Gasteiger partial charge in [0.05, 0.1) is 6.04 Å². The lowest BCUT2D eigenvalue weighted by molar-refractivity contribution is -0.140. The minimum Gasteiger partial charge on any atom is -0.481 e. The van der Waals surface area contributed by atoms with Gasteiger partial charge in [0.15, 0.2) is 6.07 Å². The van der Waals surface area contributed by atoms with Crippen LogP contribution in [0.1, 0.15) is 30.7 Å². The number of hydrogen-bond acceptors (Lipinski definition) is 3. The van der Waals surface area contributed by atoms with E-state index in [0.29, 0.717) is 18.5 Å². The van der Waals surface area contributed by atoms with E-state index in [2.05, 4.69) is 0 Å². The topological polar surface area (TPSA) is 66.8 Å². The first kappa shape index (κ1) is 15.6. The van der Waals surface area contributed by atoms with Crippen LogP contribution in [0.2, 0.25) is 0 Å². The predicted molar refractivity (Wildman–Crippen MR) is 78.4 cm³/mol. The number of carboxylic acids is 1. The molecule has 2 rings (SSSR count). The zero-order valence-corrected chi connectivity index (χ0v) is 12.3. The Balaban J connectivity index is 2.28. The monoisotopic (exact) mass is 311 g/mol. The minimum atomic E-state index is -0.934. The van der Waals surface area contributed by atoms with Gasteiger partial charge in [0.2, 0.25) is 0 Å². The van der Waals surface area contributed by atoms with E-state index >= 15 is 0 Å². The number of ether oxygens (including phenoxy) is 1. The van der Waals surface area contributed by atoms with Crippen LogP contribution < -0.4 is 0 Å². The number of piperidine rings is 1. The average Bonchev–Trinajstić information content (AvgIpc) is 2.49. The van der Waals surface area contributed by atoms with Gasteiger partial charge >= 0.3 is 12.1 Å². The molecule has 0 aromatic heterocycles. The number of aliphatic carboxylic acids is 1. The van der Waals surface area contributed by atoms with Gasteiger partial charge in [-0.25, -0.2) is 4.79 Å². The molecule has 0 bridgehead atoms. The highest BCUT2D eigenvalue weighted by Gasteiger charge is 2.38. The largest absolute Gasteiger partial charge is 0.481 e. The normalized spacial score (nSPS) is 19.9. The quantitative estimate of drug-likeness (QED) is 0.868. The third kappa shape index (κ3) is 3.67. The van der Waals surface area contributed by atoms with E-state index in [-0.39, 0.29) is 6.07 Å². The van der Waals surface area contributed by atoms with Gasteiger partial charge < -0.3 is 14.7 Å². The Morgan fingerprint density at radius 1 is 1.33 bits per heavy atom. The molecular formula is C15H18ClNO4. The molecule has 0 saturated carbocycles. The molecule has 21 heavy (non-hydrogen) atoms. The second kappa shape index (κ2) is 7.31. The number of rotatable bonds is 4. The number of nitrogens with zero attached hydrogens (tertiary/aromatic N) is 1. The number of carbonyl (C=O) groups is 2. The van der Waals surface area contributed by atoms with Gasteiger partial charge in [-0.1, -0.05) is 41.9 Å². The van der Waals surface area contributed by atoms with Crippen molar-refractivity contribution in [3.8, 4) is 0 Å². The molecule has 2 atom stereocenters. The summed E-state index contributed by atoms with van der Waals surface area (Å²) in [4.78, 5) is 25.2. The number of likely N-dealkylation sites (tertiary alicyclic amines) is 1. The zero-order valence-electron chi connectivity index (χ0n) is 11.6. The van der Waals surface area contributed by atoms with Gasteiger partial charge in [-0.05, 0) is 24.8 Å². The first-order valence-electron chi connectivity index (χ1n) is 6.92. The van der Waals surface area contributed by atoms with Crippen molar-refractivity contribution in [2.24, 2.45) is 0 Å². The summed E-state index contributed by atoms with van der Waals surface area (Å²) < 4.78 is 4.84. The summed E-state index contributed by atoms with van der Waals surface area (Å²) in [5, 5.41) is 9.60. The van der Waals surface area contributed by atoms with Crippen LogP contribution in [0.15, 0.2) is 30.3 Å². The summed E-state index contributed by atoms with van der Waals surface area (Å²) in [6, 6.07) is 8.35. The summed E-state index contributed by atoms with van der Waals surface area (Å²) in [5.74, 6) is -1.69. The SMILES string of the molecule is O=C(O)C(c1ccccc1)C1CCCCN1C(=O)OCCl. The van der Waals surface area contributed by atoms with E-state index < -0.39 is 24.0 Å². The summed E-state index contributed by atoms with van der Waals surface area (Å²) in [5.41, 5.74) is 0.695. The van der Waals surface area contributed by atoms with Crippen molar-refractivity contribution < 1.29 is 19.4 Å². The van der Waals surface area contributed by atoms with Crippen molar-refractivity contribution in [3.63, 3.8) is 0 Å². The van der Waals surface area contributed by atoms with Crippen molar-refractivity contribution in [2.75, 3.05) is 12.6 Å². The molecule has 1 aliphatic rings. The number of benzene rings is 1. The predicted octanol–water partition coefficient (Wildman–Crippen LogP) is 3.04. The maximum atomic E-state index is 12.0. The molecular weight excluding hydrogens is 294 g/mol. The summed E-state index contributed by atoms with van der Waals surface area (Å²) >= 11 is 5.44. The fourth-order valence-corrected chi connectivity index (χ4v) is 2.94. The maximum absolute atomic E-state index is 12.0. The Labute approximate surface area is 128 Å². The van der Waals surface area contributed by atoms with Gasteiger partial charge in [0, 0.05) is 6.54 Å². The van der Waals surface area contributed by atoms with Crippen LogP contribution in [0.25, 0.3) is 0 Å². The Morgan fingerprint density at radius 3 is 2.67 bits per heavy atom. The average molecular weight is 312 g/mol. The molecule has 1 aromatic carbocycles. The fraction of sp³-hybridized carbons (Fsp3) is 0.467. The van der Waals surface area contributed by atoms with E-state index in [0.717, 1.165) is 12.8 Å². The number of halogens is 1. The summed E-state index contributed by atoms with van der Waals surface area (Å²) in [7, 11) is 0. The van der Waals surface area contributed by atoms with Crippen LogP contribution in [-0.4, -0.2) is 40.7 Å². The molecule has 6 heteroatoms. The molecule has 1 N–H and O–H groups in total. The van der Waals surface area contributed by atoms with E-state index in [4.69, 9.17) is 16.3 Å². The first-order chi connectivity index (χ1) is 10.1. The highest BCUT2D eigenvalue weighted by atomic mass is 35.5. The Hall–Kier alpha value is -1.75. The van der Waals surface area contributed by atoms with Crippen molar-refractivity contribution in [1.82, 2.24) is 4.90 Å². The van der Waals surface area contributed by atoms with Crippen molar-refractivity contribution in [3.05, 3.63) is 35.9 Å². The van der Waals surface area contributed by atoms with Crippen LogP contribution in [0.3, 0.4) is 0 Å². The molecule has 114 valence electrons. The lowest BCUT2D eigenvalue weighted by Gasteiger charge is -2.38. The fourth-order valence-electron chi connectivity index (χ4n) is 2.85. The zero-order chi connectivity index (χ0) is 15.2. The smallest absolute Gasteiger partial charge is 0.411 e. The van der Waals surface area contributed by atoms with Gasteiger partial charge in [0.1, 0.15) is 5.92 Å². The van der Waals surface area contributed by atoms with E-state index in [1.807, 2.05) is 6.07 Å². The van der Waals surface area contributed by atoms with Gasteiger partial charge in [-0.3, -0.25) is 4.79 Å².